The quantitative estimate of drug-likeness (QED) is 0.846. The molecule has 7 nitrogen and oxygen atoms in total. The van der Waals surface area contributed by atoms with E-state index in [1.807, 2.05) is 6.92 Å². The minimum atomic E-state index is -0.942. The highest BCUT2D eigenvalue weighted by Gasteiger charge is 2.43. The van der Waals surface area contributed by atoms with Crippen LogP contribution in [0.2, 0.25) is 5.02 Å². The van der Waals surface area contributed by atoms with Gasteiger partial charge in [-0.15, -0.1) is 0 Å². The van der Waals surface area contributed by atoms with E-state index in [9.17, 15) is 4.79 Å². The molecule has 2 aromatic rings. The van der Waals surface area contributed by atoms with Crippen molar-refractivity contribution in [3.05, 3.63) is 41.0 Å². The molecular weight excluding hydrogens is 344 g/mol. The van der Waals surface area contributed by atoms with Crippen LogP contribution in [-0.4, -0.2) is 34.7 Å². The third-order valence-corrected chi connectivity index (χ3v) is 4.47. The molecule has 1 aromatic carbocycles. The number of aryl methyl sites for hydroxylation is 1. The molecule has 1 aliphatic rings. The molecule has 8 heteroatoms. The Kier molecular flexibility index (Phi) is 5.24. The average Bonchev–Trinajstić information content (AvgIpc) is 3.04. The first-order valence-corrected chi connectivity index (χ1v) is 8.63. The molecule has 134 valence electrons. The topological polar surface area (TPSA) is 89.3 Å². The standard InChI is InChI=1S/C17H21ClN4O3/c1-11(15-21-12(2)22-25-15)20-16(23)17(7-9-19-10-8-17)24-14-5-3-13(18)4-6-14/h3-6,11,19H,7-10H2,1-2H3,(H,20,23). The van der Waals surface area contributed by atoms with Gasteiger partial charge in [0.1, 0.15) is 11.8 Å². The van der Waals surface area contributed by atoms with Gasteiger partial charge in [0.25, 0.3) is 5.91 Å². The Balaban J connectivity index is 1.76. The van der Waals surface area contributed by atoms with Crippen LogP contribution < -0.4 is 15.4 Å². The first kappa shape index (κ1) is 17.7. The predicted molar refractivity (Wildman–Crippen MR) is 92.5 cm³/mol. The molecule has 1 aromatic heterocycles. The number of rotatable bonds is 5. The molecule has 1 saturated heterocycles. The maximum absolute atomic E-state index is 13.0. The maximum atomic E-state index is 13.0. The van der Waals surface area contributed by atoms with Crippen molar-refractivity contribution >= 4 is 17.5 Å². The van der Waals surface area contributed by atoms with Crippen LogP contribution in [0.5, 0.6) is 5.75 Å². The number of amides is 1. The van der Waals surface area contributed by atoms with Gasteiger partial charge in [0.15, 0.2) is 11.4 Å². The minimum Gasteiger partial charge on any atom is -0.477 e. The summed E-state index contributed by atoms with van der Waals surface area (Å²) in [6, 6.07) is 6.63. The monoisotopic (exact) mass is 364 g/mol. The highest BCUT2D eigenvalue weighted by molar-refractivity contribution is 6.30. The summed E-state index contributed by atoms with van der Waals surface area (Å²) in [7, 11) is 0. The van der Waals surface area contributed by atoms with E-state index in [0.29, 0.717) is 48.4 Å². The van der Waals surface area contributed by atoms with E-state index >= 15 is 0 Å². The van der Waals surface area contributed by atoms with Crippen molar-refractivity contribution in [2.75, 3.05) is 13.1 Å². The molecule has 1 fully saturated rings. The second-order valence-corrected chi connectivity index (χ2v) is 6.61. The van der Waals surface area contributed by atoms with E-state index in [-0.39, 0.29) is 5.91 Å². The lowest BCUT2D eigenvalue weighted by atomic mass is 9.90. The van der Waals surface area contributed by atoms with Crippen LogP contribution in [0.4, 0.5) is 0 Å². The Morgan fingerprint density at radius 2 is 2.04 bits per heavy atom. The summed E-state index contributed by atoms with van der Waals surface area (Å²) in [5, 5.41) is 10.6. The number of nitrogens with one attached hydrogen (secondary N) is 2. The van der Waals surface area contributed by atoms with Crippen LogP contribution in [0.3, 0.4) is 0 Å². The summed E-state index contributed by atoms with van der Waals surface area (Å²) in [6.45, 7) is 4.95. The number of carbonyl (C=O) groups is 1. The summed E-state index contributed by atoms with van der Waals surface area (Å²) in [5.74, 6) is 1.33. The van der Waals surface area contributed by atoms with E-state index in [1.54, 1.807) is 31.2 Å². The van der Waals surface area contributed by atoms with Crippen LogP contribution in [0.15, 0.2) is 28.8 Å². The molecule has 3 rings (SSSR count). The fourth-order valence-electron chi connectivity index (χ4n) is 2.81. The van der Waals surface area contributed by atoms with Crippen LogP contribution in [0.25, 0.3) is 0 Å². The molecule has 25 heavy (non-hydrogen) atoms. The molecule has 0 bridgehead atoms. The molecule has 0 spiro atoms. The lowest BCUT2D eigenvalue weighted by molar-refractivity contribution is -0.140. The Bertz CT molecular complexity index is 726. The number of piperidine rings is 1. The van der Waals surface area contributed by atoms with Gasteiger partial charge in [0.2, 0.25) is 5.89 Å². The van der Waals surface area contributed by atoms with Gasteiger partial charge in [0.05, 0.1) is 0 Å². The normalized spacial score (nSPS) is 17.7. The number of hydrogen-bond donors (Lipinski definition) is 2. The Hall–Kier alpha value is -2.12. The zero-order valence-corrected chi connectivity index (χ0v) is 15.0. The summed E-state index contributed by atoms with van der Waals surface area (Å²) in [4.78, 5) is 17.2. The minimum absolute atomic E-state index is 0.188. The second kappa shape index (κ2) is 7.41. The number of aromatic nitrogens is 2. The van der Waals surface area contributed by atoms with Gasteiger partial charge in [-0.3, -0.25) is 4.79 Å². The van der Waals surface area contributed by atoms with Crippen molar-refractivity contribution in [1.82, 2.24) is 20.8 Å². The van der Waals surface area contributed by atoms with Crippen molar-refractivity contribution in [1.29, 1.82) is 0 Å². The Morgan fingerprint density at radius 1 is 1.36 bits per heavy atom. The number of hydrogen-bond acceptors (Lipinski definition) is 6. The van der Waals surface area contributed by atoms with Crippen molar-refractivity contribution in [3.8, 4) is 5.75 Å². The zero-order chi connectivity index (χ0) is 17.9. The van der Waals surface area contributed by atoms with Crippen molar-refractivity contribution in [2.24, 2.45) is 0 Å². The van der Waals surface area contributed by atoms with Gasteiger partial charge in [-0.25, -0.2) is 0 Å². The summed E-state index contributed by atoms with van der Waals surface area (Å²) >= 11 is 5.92. The van der Waals surface area contributed by atoms with Gasteiger partial charge >= 0.3 is 0 Å². The molecule has 1 amide bonds. The van der Waals surface area contributed by atoms with Crippen molar-refractivity contribution in [3.63, 3.8) is 0 Å². The van der Waals surface area contributed by atoms with Crippen molar-refractivity contribution < 1.29 is 14.1 Å². The van der Waals surface area contributed by atoms with E-state index in [1.165, 1.54) is 0 Å². The molecule has 1 atom stereocenters. The predicted octanol–water partition coefficient (Wildman–Crippen LogP) is 2.41. The number of nitrogens with zero attached hydrogens (tertiary/aromatic N) is 2. The number of halogens is 1. The summed E-state index contributed by atoms with van der Waals surface area (Å²) in [5.41, 5.74) is -0.942. The van der Waals surface area contributed by atoms with Gasteiger partial charge in [-0.2, -0.15) is 4.98 Å². The molecule has 1 aliphatic heterocycles. The highest BCUT2D eigenvalue weighted by atomic mass is 35.5. The molecule has 2 N–H and O–H groups in total. The van der Waals surface area contributed by atoms with Gasteiger partial charge in [-0.1, -0.05) is 16.8 Å². The summed E-state index contributed by atoms with van der Waals surface area (Å²) < 4.78 is 11.3. The molecule has 0 aliphatic carbocycles. The van der Waals surface area contributed by atoms with Crippen molar-refractivity contribution in [2.45, 2.75) is 38.3 Å². The first-order chi connectivity index (χ1) is 12.0. The van der Waals surface area contributed by atoms with Crippen LogP contribution in [0.1, 0.15) is 37.5 Å². The number of benzene rings is 1. The lowest BCUT2D eigenvalue weighted by Gasteiger charge is -2.37. The molecule has 0 saturated carbocycles. The third-order valence-electron chi connectivity index (χ3n) is 4.21. The second-order valence-electron chi connectivity index (χ2n) is 6.18. The number of carbonyl (C=O) groups excluding carboxylic acids is 1. The van der Waals surface area contributed by atoms with E-state index < -0.39 is 11.6 Å². The van der Waals surface area contributed by atoms with Gasteiger partial charge in [0, 0.05) is 17.9 Å². The average molecular weight is 365 g/mol. The molecule has 2 heterocycles. The van der Waals surface area contributed by atoms with Crippen LogP contribution in [-0.2, 0) is 4.79 Å². The fraction of sp³-hybridized carbons (Fsp3) is 0.471. The SMILES string of the molecule is Cc1noc(C(C)NC(=O)C2(Oc3ccc(Cl)cc3)CCNCC2)n1. The van der Waals surface area contributed by atoms with Gasteiger partial charge in [-0.05, 0) is 51.2 Å². The first-order valence-electron chi connectivity index (χ1n) is 8.25. The highest BCUT2D eigenvalue weighted by Crippen LogP contribution is 2.28. The van der Waals surface area contributed by atoms with E-state index in [2.05, 4.69) is 20.8 Å². The Labute approximate surface area is 151 Å². The van der Waals surface area contributed by atoms with E-state index in [0.717, 1.165) is 0 Å². The number of ether oxygens (including phenoxy) is 1. The zero-order valence-electron chi connectivity index (χ0n) is 14.2. The Morgan fingerprint density at radius 3 is 2.64 bits per heavy atom. The lowest BCUT2D eigenvalue weighted by Crippen LogP contribution is -2.57. The van der Waals surface area contributed by atoms with E-state index in [4.69, 9.17) is 20.9 Å². The molecule has 1 unspecified atom stereocenters. The van der Waals surface area contributed by atoms with Gasteiger partial charge < -0.3 is 19.9 Å². The largest absolute Gasteiger partial charge is 0.477 e. The smallest absolute Gasteiger partial charge is 0.264 e. The third kappa shape index (κ3) is 4.11. The molecule has 0 radical (unpaired) electrons. The van der Waals surface area contributed by atoms with Crippen LogP contribution >= 0.6 is 11.6 Å². The maximum Gasteiger partial charge on any atom is 0.264 e. The molecular formula is C17H21ClN4O3. The fourth-order valence-corrected chi connectivity index (χ4v) is 2.94. The van der Waals surface area contributed by atoms with Crippen LogP contribution in [0, 0.1) is 6.92 Å². The summed E-state index contributed by atoms with van der Waals surface area (Å²) in [6.07, 6.45) is 1.13.